The highest BCUT2D eigenvalue weighted by Gasteiger charge is 2.22. The molecule has 0 aromatic carbocycles. The highest BCUT2D eigenvalue weighted by Crippen LogP contribution is 2.17. The van der Waals surface area contributed by atoms with E-state index in [1.807, 2.05) is 27.7 Å². The van der Waals surface area contributed by atoms with Gasteiger partial charge in [0, 0.05) is 12.5 Å². The fraction of sp³-hybridized carbons (Fsp3) is 0.750. The van der Waals surface area contributed by atoms with E-state index in [2.05, 4.69) is 20.5 Å². The number of nitrogens with zero attached hydrogens (tertiary/aromatic N) is 2. The maximum Gasteiger partial charge on any atom is 0.291 e. The molecule has 0 saturated heterocycles. The van der Waals surface area contributed by atoms with Crippen LogP contribution in [0.25, 0.3) is 0 Å². The largest absolute Gasteiger partial charge is 0.383 e. The van der Waals surface area contributed by atoms with Gasteiger partial charge in [0.05, 0.1) is 12.6 Å². The van der Waals surface area contributed by atoms with Gasteiger partial charge in [-0.25, -0.2) is 4.98 Å². The van der Waals surface area contributed by atoms with Crippen molar-refractivity contribution in [1.82, 2.24) is 20.5 Å². The molecule has 1 aromatic rings. The first-order valence-corrected chi connectivity index (χ1v) is 6.11. The Bertz CT molecular complexity index is 395. The molecule has 0 spiro atoms. The second-order valence-electron chi connectivity index (χ2n) is 5.29. The molecule has 0 aliphatic heterocycles. The lowest BCUT2D eigenvalue weighted by Gasteiger charge is -2.14. The number of nitrogens with one attached hydrogen (secondary N) is 2. The Morgan fingerprint density at radius 3 is 2.61 bits per heavy atom. The summed E-state index contributed by atoms with van der Waals surface area (Å²) in [5.41, 5.74) is -0.151. The first-order valence-electron chi connectivity index (χ1n) is 6.11. The summed E-state index contributed by atoms with van der Waals surface area (Å²) < 4.78 is 5.03. The van der Waals surface area contributed by atoms with Crippen molar-refractivity contribution in [3.63, 3.8) is 0 Å². The minimum absolute atomic E-state index is 0.0147. The molecule has 0 aliphatic carbocycles. The zero-order valence-electron chi connectivity index (χ0n) is 11.7. The molecule has 1 amide bonds. The van der Waals surface area contributed by atoms with Crippen molar-refractivity contribution in [3.8, 4) is 0 Å². The molecule has 6 nitrogen and oxygen atoms in total. The summed E-state index contributed by atoms with van der Waals surface area (Å²) in [7, 11) is 1.61. The lowest BCUT2D eigenvalue weighted by molar-refractivity contribution is 0.0884. The fourth-order valence-corrected chi connectivity index (χ4v) is 1.41. The maximum absolute atomic E-state index is 11.9. The molecule has 1 rings (SSSR count). The highest BCUT2D eigenvalue weighted by atomic mass is 16.5. The Morgan fingerprint density at radius 1 is 1.50 bits per heavy atom. The summed E-state index contributed by atoms with van der Waals surface area (Å²) in [6.45, 7) is 8.50. The summed E-state index contributed by atoms with van der Waals surface area (Å²) >= 11 is 0. The van der Waals surface area contributed by atoms with Crippen LogP contribution in [0.2, 0.25) is 0 Å². The van der Waals surface area contributed by atoms with Gasteiger partial charge in [-0.3, -0.25) is 9.89 Å². The van der Waals surface area contributed by atoms with E-state index in [0.717, 1.165) is 6.42 Å². The van der Waals surface area contributed by atoms with Crippen molar-refractivity contribution >= 4 is 5.91 Å². The van der Waals surface area contributed by atoms with Crippen LogP contribution in [0.4, 0.5) is 0 Å². The topological polar surface area (TPSA) is 79.9 Å². The predicted molar refractivity (Wildman–Crippen MR) is 68.5 cm³/mol. The van der Waals surface area contributed by atoms with Gasteiger partial charge < -0.3 is 10.1 Å². The fourth-order valence-electron chi connectivity index (χ4n) is 1.41. The van der Waals surface area contributed by atoms with Crippen molar-refractivity contribution in [2.75, 3.05) is 13.7 Å². The Kier molecular flexibility index (Phi) is 4.84. The Morgan fingerprint density at radius 2 is 2.17 bits per heavy atom. The van der Waals surface area contributed by atoms with Gasteiger partial charge in [-0.05, 0) is 6.42 Å². The SMILES string of the molecule is CCC(COC)NC(=O)c1n[nH]c(C(C)(C)C)n1. The van der Waals surface area contributed by atoms with Crippen LogP contribution >= 0.6 is 0 Å². The second-order valence-corrected chi connectivity index (χ2v) is 5.29. The molecule has 0 radical (unpaired) electrons. The molecule has 0 bridgehead atoms. The molecule has 0 fully saturated rings. The molecule has 102 valence electrons. The number of aromatic amines is 1. The lowest BCUT2D eigenvalue weighted by atomic mass is 9.96. The number of H-pyrrole nitrogens is 1. The molecule has 18 heavy (non-hydrogen) atoms. The average Bonchev–Trinajstić information content (AvgIpc) is 2.77. The van der Waals surface area contributed by atoms with Crippen LogP contribution in [0.15, 0.2) is 0 Å². The highest BCUT2D eigenvalue weighted by molar-refractivity contribution is 5.90. The Balaban J connectivity index is 2.70. The van der Waals surface area contributed by atoms with Crippen LogP contribution in [0.1, 0.15) is 50.6 Å². The maximum atomic E-state index is 11.9. The van der Waals surface area contributed by atoms with Crippen LogP contribution in [-0.2, 0) is 10.2 Å². The van der Waals surface area contributed by atoms with E-state index >= 15 is 0 Å². The third kappa shape index (κ3) is 3.80. The van der Waals surface area contributed by atoms with Crippen molar-refractivity contribution in [1.29, 1.82) is 0 Å². The summed E-state index contributed by atoms with van der Waals surface area (Å²) in [6.07, 6.45) is 0.802. The van der Waals surface area contributed by atoms with Crippen LogP contribution in [0, 0.1) is 0 Å². The third-order valence-electron chi connectivity index (χ3n) is 2.59. The zero-order valence-corrected chi connectivity index (χ0v) is 11.7. The van der Waals surface area contributed by atoms with Crippen LogP contribution in [0.5, 0.6) is 0 Å². The van der Waals surface area contributed by atoms with Crippen LogP contribution in [0.3, 0.4) is 0 Å². The second kappa shape index (κ2) is 5.95. The number of carbonyl (C=O) groups is 1. The summed E-state index contributed by atoms with van der Waals surface area (Å²) in [4.78, 5) is 16.1. The normalized spacial score (nSPS) is 13.4. The molecule has 1 aromatic heterocycles. The van der Waals surface area contributed by atoms with Crippen molar-refractivity contribution in [2.24, 2.45) is 0 Å². The number of aromatic nitrogens is 3. The Hall–Kier alpha value is -1.43. The quantitative estimate of drug-likeness (QED) is 0.829. The first kappa shape index (κ1) is 14.6. The lowest BCUT2D eigenvalue weighted by Crippen LogP contribution is -2.38. The number of amides is 1. The monoisotopic (exact) mass is 254 g/mol. The summed E-state index contributed by atoms with van der Waals surface area (Å²) in [6, 6.07) is -0.0147. The van der Waals surface area contributed by atoms with Gasteiger partial charge in [0.2, 0.25) is 5.82 Å². The first-order chi connectivity index (χ1) is 8.38. The van der Waals surface area contributed by atoms with Gasteiger partial charge in [-0.15, -0.1) is 5.10 Å². The standard InChI is InChI=1S/C12H22N4O2/c1-6-8(7-18-5)13-10(17)9-14-11(16-15-9)12(2,3)4/h8H,6-7H2,1-5H3,(H,13,17)(H,14,15,16). The minimum atomic E-state index is -0.273. The van der Waals surface area contributed by atoms with Gasteiger partial charge >= 0.3 is 0 Å². The van der Waals surface area contributed by atoms with Gasteiger partial charge in [-0.1, -0.05) is 27.7 Å². The predicted octanol–water partition coefficient (Wildman–Crippen LogP) is 1.26. The van der Waals surface area contributed by atoms with E-state index in [9.17, 15) is 4.79 Å². The van der Waals surface area contributed by atoms with E-state index in [0.29, 0.717) is 12.4 Å². The van der Waals surface area contributed by atoms with E-state index in [4.69, 9.17) is 4.74 Å². The van der Waals surface area contributed by atoms with Crippen molar-refractivity contribution in [2.45, 2.75) is 45.6 Å². The van der Waals surface area contributed by atoms with Gasteiger partial charge in [0.25, 0.3) is 5.91 Å². The van der Waals surface area contributed by atoms with Gasteiger partial charge in [0.1, 0.15) is 5.82 Å². The van der Waals surface area contributed by atoms with E-state index < -0.39 is 0 Å². The van der Waals surface area contributed by atoms with E-state index in [1.54, 1.807) is 7.11 Å². The number of carbonyl (C=O) groups excluding carboxylic acids is 1. The smallest absolute Gasteiger partial charge is 0.291 e. The number of methoxy groups -OCH3 is 1. The van der Waals surface area contributed by atoms with Crippen LogP contribution in [-0.4, -0.2) is 40.8 Å². The zero-order chi connectivity index (χ0) is 13.8. The number of hydrogen-bond donors (Lipinski definition) is 2. The summed E-state index contributed by atoms with van der Waals surface area (Å²) in [5.74, 6) is 0.604. The minimum Gasteiger partial charge on any atom is -0.383 e. The van der Waals surface area contributed by atoms with Crippen molar-refractivity contribution < 1.29 is 9.53 Å². The molecule has 1 atom stereocenters. The number of rotatable bonds is 5. The molecule has 1 heterocycles. The average molecular weight is 254 g/mol. The number of ether oxygens (including phenoxy) is 1. The third-order valence-corrected chi connectivity index (χ3v) is 2.59. The molecule has 6 heteroatoms. The van der Waals surface area contributed by atoms with Crippen LogP contribution < -0.4 is 5.32 Å². The molecule has 0 saturated carbocycles. The van der Waals surface area contributed by atoms with Gasteiger partial charge in [0.15, 0.2) is 0 Å². The summed E-state index contributed by atoms with van der Waals surface area (Å²) in [5, 5.41) is 9.58. The van der Waals surface area contributed by atoms with E-state index in [-0.39, 0.29) is 23.2 Å². The molecular weight excluding hydrogens is 232 g/mol. The van der Waals surface area contributed by atoms with E-state index in [1.165, 1.54) is 0 Å². The molecule has 1 unspecified atom stereocenters. The number of hydrogen-bond acceptors (Lipinski definition) is 4. The molecular formula is C12H22N4O2. The van der Waals surface area contributed by atoms with Gasteiger partial charge in [-0.2, -0.15) is 0 Å². The molecule has 2 N–H and O–H groups in total. The van der Waals surface area contributed by atoms with Crippen molar-refractivity contribution in [3.05, 3.63) is 11.6 Å². The Labute approximate surface area is 108 Å². The molecule has 0 aliphatic rings.